The topological polar surface area (TPSA) is 31.4 Å². The van der Waals surface area contributed by atoms with Crippen molar-refractivity contribution in [3.05, 3.63) is 95.8 Å². The number of rotatable bonds is 9. The van der Waals surface area contributed by atoms with Crippen molar-refractivity contribution in [1.82, 2.24) is 4.98 Å². The van der Waals surface area contributed by atoms with E-state index < -0.39 is 0 Å². The van der Waals surface area contributed by atoms with E-state index in [0.717, 1.165) is 24.5 Å². The molecule has 3 nitrogen and oxygen atoms in total. The number of ether oxygens (including phenoxy) is 2. The molecule has 0 aliphatic heterocycles. The molecule has 3 aromatic rings. The Hall–Kier alpha value is -2.65. The van der Waals surface area contributed by atoms with Crippen LogP contribution in [0.2, 0.25) is 0 Å². The minimum Gasteiger partial charge on any atom is -0.487 e. The van der Waals surface area contributed by atoms with Crippen molar-refractivity contribution in [2.24, 2.45) is 5.41 Å². The fraction of sp³-hybridized carbons (Fsp3) is 0.292. The average molecular weight is 361 g/mol. The Morgan fingerprint density at radius 3 is 2.22 bits per heavy atom. The molecule has 1 heterocycles. The van der Waals surface area contributed by atoms with Gasteiger partial charge in [0.25, 0.3) is 0 Å². The minimum atomic E-state index is 0.0745. The van der Waals surface area contributed by atoms with Gasteiger partial charge in [0.15, 0.2) is 0 Å². The monoisotopic (exact) mass is 361 g/mol. The molecule has 140 valence electrons. The van der Waals surface area contributed by atoms with Crippen LogP contribution in [0.25, 0.3) is 0 Å². The highest BCUT2D eigenvalue weighted by molar-refractivity contribution is 5.28. The molecule has 3 rings (SSSR count). The van der Waals surface area contributed by atoms with E-state index in [1.807, 2.05) is 48.5 Å². The highest BCUT2D eigenvalue weighted by Crippen LogP contribution is 2.24. The van der Waals surface area contributed by atoms with Gasteiger partial charge in [0.1, 0.15) is 12.4 Å². The van der Waals surface area contributed by atoms with Crippen LogP contribution in [-0.4, -0.2) is 11.6 Å². The normalized spacial score (nSPS) is 11.3. The van der Waals surface area contributed by atoms with Crippen molar-refractivity contribution in [1.29, 1.82) is 0 Å². The number of hydrogen-bond donors (Lipinski definition) is 0. The third-order valence-electron chi connectivity index (χ3n) is 4.32. The smallest absolute Gasteiger partial charge is 0.130 e. The Morgan fingerprint density at radius 1 is 0.778 bits per heavy atom. The highest BCUT2D eigenvalue weighted by Gasteiger charge is 2.19. The van der Waals surface area contributed by atoms with E-state index in [4.69, 9.17) is 9.47 Å². The van der Waals surface area contributed by atoms with Crippen LogP contribution in [0, 0.1) is 5.41 Å². The van der Waals surface area contributed by atoms with Crippen LogP contribution in [0.4, 0.5) is 0 Å². The van der Waals surface area contributed by atoms with Gasteiger partial charge in [-0.2, -0.15) is 0 Å². The van der Waals surface area contributed by atoms with Crippen molar-refractivity contribution < 1.29 is 9.47 Å². The van der Waals surface area contributed by atoms with E-state index in [1.165, 1.54) is 11.1 Å². The zero-order valence-electron chi connectivity index (χ0n) is 16.1. The molecular weight excluding hydrogens is 334 g/mol. The first-order valence-corrected chi connectivity index (χ1v) is 9.34. The Kier molecular flexibility index (Phi) is 6.61. The molecule has 0 spiro atoms. The predicted molar refractivity (Wildman–Crippen MR) is 109 cm³/mol. The second kappa shape index (κ2) is 9.33. The summed E-state index contributed by atoms with van der Waals surface area (Å²) in [5, 5.41) is 0. The lowest BCUT2D eigenvalue weighted by Crippen LogP contribution is -2.22. The fourth-order valence-electron chi connectivity index (χ4n) is 2.97. The van der Waals surface area contributed by atoms with Gasteiger partial charge in [-0.3, -0.25) is 4.98 Å². The summed E-state index contributed by atoms with van der Waals surface area (Å²) in [6, 6.07) is 24.5. The van der Waals surface area contributed by atoms with E-state index in [0.29, 0.717) is 13.2 Å². The van der Waals surface area contributed by atoms with Gasteiger partial charge >= 0.3 is 0 Å². The summed E-state index contributed by atoms with van der Waals surface area (Å²) in [5.74, 6) is 0.863. The number of nitrogens with zero attached hydrogens (tertiary/aromatic N) is 1. The molecule has 3 heteroatoms. The molecule has 0 saturated heterocycles. The van der Waals surface area contributed by atoms with Gasteiger partial charge in [-0.25, -0.2) is 0 Å². The van der Waals surface area contributed by atoms with Crippen LogP contribution < -0.4 is 4.74 Å². The lowest BCUT2D eigenvalue weighted by Gasteiger charge is -2.24. The van der Waals surface area contributed by atoms with Crippen molar-refractivity contribution in [3.63, 3.8) is 0 Å². The molecule has 0 unspecified atom stereocenters. The quantitative estimate of drug-likeness (QED) is 0.508. The molecule has 0 radical (unpaired) electrons. The van der Waals surface area contributed by atoms with E-state index in [2.05, 4.69) is 43.1 Å². The molecule has 0 N–H and O–H groups in total. The summed E-state index contributed by atoms with van der Waals surface area (Å²) in [6.07, 6.45) is 2.74. The van der Waals surface area contributed by atoms with E-state index in [1.54, 1.807) is 6.20 Å². The average Bonchev–Trinajstić information content (AvgIpc) is 2.69. The van der Waals surface area contributed by atoms with Crippen molar-refractivity contribution in [3.8, 4) is 5.75 Å². The van der Waals surface area contributed by atoms with Gasteiger partial charge in [0.2, 0.25) is 0 Å². The molecule has 0 aliphatic rings. The molecule has 2 aromatic carbocycles. The number of benzene rings is 2. The van der Waals surface area contributed by atoms with Gasteiger partial charge in [0.05, 0.1) is 18.9 Å². The molecule has 0 saturated carbocycles. The third-order valence-corrected chi connectivity index (χ3v) is 4.32. The molecule has 0 atom stereocenters. The zero-order chi connectivity index (χ0) is 19.0. The second-order valence-corrected chi connectivity index (χ2v) is 7.57. The summed E-state index contributed by atoms with van der Waals surface area (Å²) < 4.78 is 11.7. The lowest BCUT2D eigenvalue weighted by atomic mass is 9.86. The minimum absolute atomic E-state index is 0.0745. The Labute approximate surface area is 162 Å². The Morgan fingerprint density at radius 2 is 1.52 bits per heavy atom. The molecule has 1 aromatic heterocycles. The first-order chi connectivity index (χ1) is 13.1. The first kappa shape index (κ1) is 19.1. The van der Waals surface area contributed by atoms with Crippen LogP contribution in [0.1, 0.15) is 30.7 Å². The fourth-order valence-corrected chi connectivity index (χ4v) is 2.97. The van der Waals surface area contributed by atoms with Gasteiger partial charge in [-0.1, -0.05) is 62.4 Å². The van der Waals surface area contributed by atoms with E-state index >= 15 is 0 Å². The number of aromatic nitrogens is 1. The molecule has 0 amide bonds. The summed E-state index contributed by atoms with van der Waals surface area (Å²) >= 11 is 0. The first-order valence-electron chi connectivity index (χ1n) is 9.34. The largest absolute Gasteiger partial charge is 0.487 e. The number of pyridine rings is 1. The van der Waals surface area contributed by atoms with Crippen LogP contribution >= 0.6 is 0 Å². The second-order valence-electron chi connectivity index (χ2n) is 7.57. The summed E-state index contributed by atoms with van der Waals surface area (Å²) in [7, 11) is 0. The lowest BCUT2D eigenvalue weighted by molar-refractivity contribution is 0.0514. The van der Waals surface area contributed by atoms with Gasteiger partial charge < -0.3 is 9.47 Å². The van der Waals surface area contributed by atoms with Crippen LogP contribution in [0.5, 0.6) is 5.75 Å². The van der Waals surface area contributed by atoms with Gasteiger partial charge in [-0.05, 0) is 47.2 Å². The maximum absolute atomic E-state index is 5.94. The van der Waals surface area contributed by atoms with Gasteiger partial charge in [-0.15, -0.1) is 0 Å². The Bertz CT molecular complexity index is 799. The zero-order valence-corrected chi connectivity index (χ0v) is 16.1. The highest BCUT2D eigenvalue weighted by atomic mass is 16.5. The molecule has 27 heavy (non-hydrogen) atoms. The predicted octanol–water partition coefficient (Wildman–Crippen LogP) is 5.45. The van der Waals surface area contributed by atoms with Crippen molar-refractivity contribution >= 4 is 0 Å². The van der Waals surface area contributed by atoms with Crippen molar-refractivity contribution in [2.45, 2.75) is 33.5 Å². The van der Waals surface area contributed by atoms with Crippen molar-refractivity contribution in [2.75, 3.05) is 6.61 Å². The maximum atomic E-state index is 5.94. The standard InChI is InChI=1S/C24H27NO2/c1-24(2,19-26-17-21-8-4-3-5-9-21)16-20-11-13-23(14-12-20)27-18-22-10-6-7-15-25-22/h3-15H,16-19H2,1-2H3. The molecule has 0 fully saturated rings. The van der Waals surface area contributed by atoms with Crippen LogP contribution in [-0.2, 0) is 24.4 Å². The van der Waals surface area contributed by atoms with E-state index in [-0.39, 0.29) is 5.41 Å². The summed E-state index contributed by atoms with van der Waals surface area (Å²) in [4.78, 5) is 4.27. The molecular formula is C24H27NO2. The van der Waals surface area contributed by atoms with Crippen LogP contribution in [0.3, 0.4) is 0 Å². The van der Waals surface area contributed by atoms with Crippen LogP contribution in [0.15, 0.2) is 79.0 Å². The molecule has 0 aliphatic carbocycles. The third kappa shape index (κ3) is 6.54. The maximum Gasteiger partial charge on any atom is 0.130 e. The SMILES string of the molecule is CC(C)(COCc1ccccc1)Cc1ccc(OCc2ccccn2)cc1. The number of hydrogen-bond acceptors (Lipinski definition) is 3. The van der Waals surface area contributed by atoms with Gasteiger partial charge in [0, 0.05) is 6.20 Å². The van der Waals surface area contributed by atoms with E-state index in [9.17, 15) is 0 Å². The molecule has 0 bridgehead atoms. The summed E-state index contributed by atoms with van der Waals surface area (Å²) in [5.41, 5.74) is 3.50. The summed E-state index contributed by atoms with van der Waals surface area (Å²) in [6.45, 7) is 6.34. The Balaban J connectivity index is 1.46.